The van der Waals surface area contributed by atoms with Crippen molar-refractivity contribution in [3.63, 3.8) is 0 Å². The number of hydrogen-bond donors (Lipinski definition) is 0. The van der Waals surface area contributed by atoms with Gasteiger partial charge < -0.3 is 4.90 Å². The van der Waals surface area contributed by atoms with Gasteiger partial charge in [-0.25, -0.2) is 4.98 Å². The summed E-state index contributed by atoms with van der Waals surface area (Å²) in [5, 5.41) is 4.14. The summed E-state index contributed by atoms with van der Waals surface area (Å²) in [5.41, 5.74) is 2.19. The monoisotopic (exact) mass is 421 g/mol. The van der Waals surface area contributed by atoms with Gasteiger partial charge in [-0.3, -0.25) is 9.36 Å². The van der Waals surface area contributed by atoms with E-state index < -0.39 is 0 Å². The third kappa shape index (κ3) is 3.19. The molecule has 0 aliphatic carbocycles. The van der Waals surface area contributed by atoms with Crippen LogP contribution in [0.5, 0.6) is 0 Å². The molecule has 0 saturated carbocycles. The summed E-state index contributed by atoms with van der Waals surface area (Å²) in [7, 11) is 2.13. The topological polar surface area (TPSA) is 38.1 Å². The van der Waals surface area contributed by atoms with Crippen LogP contribution < -0.4 is 5.56 Å². The van der Waals surface area contributed by atoms with Gasteiger partial charge in [0.15, 0.2) is 5.16 Å². The Hall–Kier alpha value is -2.15. The average molecular weight is 422 g/mol. The maximum Gasteiger partial charge on any atom is 0.267 e. The minimum atomic E-state index is 0.0663. The van der Waals surface area contributed by atoms with Crippen LogP contribution >= 0.6 is 23.1 Å². The predicted octanol–water partition coefficient (Wildman–Crippen LogP) is 5.09. The van der Waals surface area contributed by atoms with E-state index in [1.54, 1.807) is 23.1 Å². The van der Waals surface area contributed by atoms with Crippen molar-refractivity contribution in [3.8, 4) is 5.69 Å². The van der Waals surface area contributed by atoms with Crippen LogP contribution in [0.4, 0.5) is 0 Å². The number of aromatic nitrogens is 2. The highest BCUT2D eigenvalue weighted by Gasteiger charge is 2.25. The van der Waals surface area contributed by atoms with Crippen LogP contribution in [0.2, 0.25) is 0 Å². The number of thiophene rings is 1. The Morgan fingerprint density at radius 1 is 1.14 bits per heavy atom. The van der Waals surface area contributed by atoms with E-state index in [0.717, 1.165) is 51.3 Å². The summed E-state index contributed by atoms with van der Waals surface area (Å²) >= 11 is 3.34. The number of fused-ring (bicyclic) bond motifs is 4. The fourth-order valence-corrected chi connectivity index (χ4v) is 6.26. The van der Waals surface area contributed by atoms with Gasteiger partial charge in [0.05, 0.1) is 11.1 Å². The standard InChI is InChI=1S/C23H23N3OS2/c1-14(2)28-23-24-21-20(17-11-12-25(3)13-19(17)29-21)22(27)26(23)18-10-6-8-15-7-4-5-9-16(15)18/h4-10,14H,11-13H2,1-3H3. The van der Waals surface area contributed by atoms with Crippen molar-refractivity contribution in [2.24, 2.45) is 0 Å². The van der Waals surface area contributed by atoms with Gasteiger partial charge in [-0.05, 0) is 30.5 Å². The van der Waals surface area contributed by atoms with E-state index in [0.29, 0.717) is 5.25 Å². The zero-order valence-electron chi connectivity index (χ0n) is 16.8. The van der Waals surface area contributed by atoms with Crippen molar-refractivity contribution in [2.45, 2.75) is 37.2 Å². The minimum absolute atomic E-state index is 0.0663. The van der Waals surface area contributed by atoms with Gasteiger partial charge in [-0.1, -0.05) is 62.0 Å². The van der Waals surface area contributed by atoms with E-state index in [9.17, 15) is 4.79 Å². The van der Waals surface area contributed by atoms with Crippen molar-refractivity contribution in [2.75, 3.05) is 13.6 Å². The van der Waals surface area contributed by atoms with Gasteiger partial charge in [-0.15, -0.1) is 11.3 Å². The number of benzene rings is 2. The second kappa shape index (κ2) is 7.27. The molecule has 0 fully saturated rings. The van der Waals surface area contributed by atoms with E-state index in [-0.39, 0.29) is 5.56 Å². The van der Waals surface area contributed by atoms with Gasteiger partial charge in [0.25, 0.3) is 5.56 Å². The van der Waals surface area contributed by atoms with Crippen LogP contribution in [0.1, 0.15) is 24.3 Å². The molecule has 0 saturated heterocycles. The first-order chi connectivity index (χ1) is 14.0. The summed E-state index contributed by atoms with van der Waals surface area (Å²) in [6.07, 6.45) is 0.912. The van der Waals surface area contributed by atoms with Crippen molar-refractivity contribution in [1.29, 1.82) is 0 Å². The van der Waals surface area contributed by atoms with Crippen LogP contribution in [-0.4, -0.2) is 33.3 Å². The van der Waals surface area contributed by atoms with Gasteiger partial charge in [0.1, 0.15) is 4.83 Å². The Bertz CT molecular complexity index is 1280. The highest BCUT2D eigenvalue weighted by atomic mass is 32.2. The van der Waals surface area contributed by atoms with Crippen molar-refractivity contribution < 1.29 is 0 Å². The first-order valence-corrected chi connectivity index (χ1v) is 11.6. The molecule has 0 radical (unpaired) electrons. The molecule has 0 N–H and O–H groups in total. The molecule has 5 rings (SSSR count). The lowest BCUT2D eigenvalue weighted by molar-refractivity contribution is 0.318. The molecule has 3 heterocycles. The van der Waals surface area contributed by atoms with Gasteiger partial charge in [-0.2, -0.15) is 0 Å². The summed E-state index contributed by atoms with van der Waals surface area (Å²) in [6.45, 7) is 6.16. The second-order valence-corrected chi connectivity index (χ2v) is 10.5. The molecule has 0 amide bonds. The van der Waals surface area contributed by atoms with E-state index in [4.69, 9.17) is 4.98 Å². The third-order valence-electron chi connectivity index (χ3n) is 5.38. The highest BCUT2D eigenvalue weighted by Crippen LogP contribution is 2.35. The number of thioether (sulfide) groups is 1. The van der Waals surface area contributed by atoms with Gasteiger partial charge in [0, 0.05) is 28.6 Å². The molecule has 1 aliphatic rings. The summed E-state index contributed by atoms with van der Waals surface area (Å²) in [5.74, 6) is 0. The van der Waals surface area contributed by atoms with E-state index >= 15 is 0 Å². The Kier molecular flexibility index (Phi) is 4.73. The summed E-state index contributed by atoms with van der Waals surface area (Å²) in [4.78, 5) is 23.4. The van der Waals surface area contributed by atoms with Crippen LogP contribution in [-0.2, 0) is 13.0 Å². The Balaban J connectivity index is 1.86. The fraction of sp³-hybridized carbons (Fsp3) is 0.304. The molecule has 0 bridgehead atoms. The van der Waals surface area contributed by atoms with E-state index in [1.807, 2.05) is 28.8 Å². The normalized spacial score (nSPS) is 14.8. The van der Waals surface area contributed by atoms with Crippen LogP contribution in [0.25, 0.3) is 26.7 Å². The largest absolute Gasteiger partial charge is 0.301 e. The molecule has 0 unspecified atom stereocenters. The molecule has 0 atom stereocenters. The highest BCUT2D eigenvalue weighted by molar-refractivity contribution is 7.99. The quantitative estimate of drug-likeness (QED) is 0.341. The molecule has 6 heteroatoms. The molecule has 148 valence electrons. The van der Waals surface area contributed by atoms with E-state index in [1.165, 1.54) is 10.4 Å². The number of nitrogens with zero attached hydrogens (tertiary/aromatic N) is 3. The molecular weight excluding hydrogens is 398 g/mol. The van der Waals surface area contributed by atoms with Crippen LogP contribution in [0, 0.1) is 0 Å². The molecule has 29 heavy (non-hydrogen) atoms. The van der Waals surface area contributed by atoms with Crippen molar-refractivity contribution in [3.05, 3.63) is 63.3 Å². The summed E-state index contributed by atoms with van der Waals surface area (Å²) in [6, 6.07) is 14.4. The van der Waals surface area contributed by atoms with Crippen LogP contribution in [0.3, 0.4) is 0 Å². The maximum absolute atomic E-state index is 13.9. The molecule has 2 aromatic heterocycles. The first kappa shape index (κ1) is 18.9. The van der Waals surface area contributed by atoms with Gasteiger partial charge in [0.2, 0.25) is 0 Å². The lowest BCUT2D eigenvalue weighted by atomic mass is 10.1. The van der Waals surface area contributed by atoms with E-state index in [2.05, 4.69) is 44.0 Å². The average Bonchev–Trinajstić information content (AvgIpc) is 3.05. The SMILES string of the molecule is CC(C)Sc1nc2sc3c(c2c(=O)n1-c1cccc2ccccc12)CCN(C)C3. The molecule has 1 aliphatic heterocycles. The Labute approximate surface area is 178 Å². The first-order valence-electron chi connectivity index (χ1n) is 9.93. The number of likely N-dealkylation sites (N-methyl/N-ethyl adjacent to an activating group) is 1. The second-order valence-electron chi connectivity index (χ2n) is 7.87. The molecule has 4 aromatic rings. The van der Waals surface area contributed by atoms with Crippen molar-refractivity contribution in [1.82, 2.24) is 14.5 Å². The minimum Gasteiger partial charge on any atom is -0.301 e. The lowest BCUT2D eigenvalue weighted by Crippen LogP contribution is -2.27. The maximum atomic E-state index is 13.9. The van der Waals surface area contributed by atoms with Crippen molar-refractivity contribution >= 4 is 44.1 Å². The zero-order valence-corrected chi connectivity index (χ0v) is 18.4. The fourth-order valence-electron chi connectivity index (χ4n) is 4.06. The predicted molar refractivity (Wildman–Crippen MR) is 124 cm³/mol. The lowest BCUT2D eigenvalue weighted by Gasteiger charge is -2.22. The Morgan fingerprint density at radius 2 is 1.93 bits per heavy atom. The molecule has 0 spiro atoms. The third-order valence-corrected chi connectivity index (χ3v) is 7.45. The number of hydrogen-bond acceptors (Lipinski definition) is 5. The Morgan fingerprint density at radius 3 is 2.76 bits per heavy atom. The molecule has 4 nitrogen and oxygen atoms in total. The smallest absolute Gasteiger partial charge is 0.267 e. The number of rotatable bonds is 3. The molecule has 2 aromatic carbocycles. The molecular formula is C23H23N3OS2. The zero-order chi connectivity index (χ0) is 20.1. The van der Waals surface area contributed by atoms with Crippen LogP contribution in [0.15, 0.2) is 52.4 Å². The van der Waals surface area contributed by atoms with Gasteiger partial charge >= 0.3 is 0 Å². The summed E-state index contributed by atoms with van der Waals surface area (Å²) < 4.78 is 1.85.